The molecule has 106 valence electrons. The normalized spacial score (nSPS) is 25.3. The first kappa shape index (κ1) is 14.1. The minimum Gasteiger partial charge on any atom is -0.392 e. The summed E-state index contributed by atoms with van der Waals surface area (Å²) in [7, 11) is 0. The third-order valence-corrected chi connectivity index (χ3v) is 3.77. The summed E-state index contributed by atoms with van der Waals surface area (Å²) in [6, 6.07) is 0.253. The number of likely N-dealkylation sites (tertiary alicyclic amines) is 1. The van der Waals surface area contributed by atoms with Gasteiger partial charge in [-0.3, -0.25) is 4.90 Å². The molecule has 0 aromatic carbocycles. The Morgan fingerprint density at radius 1 is 1.17 bits per heavy atom. The van der Waals surface area contributed by atoms with E-state index in [1.165, 1.54) is 4.90 Å². The van der Waals surface area contributed by atoms with Gasteiger partial charge in [0.25, 0.3) is 0 Å². The van der Waals surface area contributed by atoms with Crippen molar-refractivity contribution < 1.29 is 18.3 Å². The highest BCUT2D eigenvalue weighted by atomic mass is 19.4. The van der Waals surface area contributed by atoms with Crippen molar-refractivity contribution in [3.63, 3.8) is 0 Å². The number of aliphatic hydroxyl groups is 1. The summed E-state index contributed by atoms with van der Waals surface area (Å²) < 4.78 is 36.6. The lowest BCUT2D eigenvalue weighted by atomic mass is 10.0. The van der Waals surface area contributed by atoms with Gasteiger partial charge >= 0.3 is 6.18 Å². The predicted molar refractivity (Wildman–Crippen MR) is 62.3 cm³/mol. The zero-order chi connectivity index (χ0) is 13.2. The first-order chi connectivity index (χ1) is 8.44. The van der Waals surface area contributed by atoms with Crippen molar-refractivity contribution in [2.45, 2.75) is 44.0 Å². The van der Waals surface area contributed by atoms with Gasteiger partial charge in [-0.2, -0.15) is 13.2 Å². The van der Waals surface area contributed by atoms with Crippen LogP contribution in [-0.4, -0.2) is 54.5 Å². The van der Waals surface area contributed by atoms with Crippen LogP contribution < -0.4 is 5.32 Å². The van der Waals surface area contributed by atoms with Gasteiger partial charge in [0.2, 0.25) is 0 Å². The number of nitrogens with one attached hydrogen (secondary N) is 1. The number of alkyl halides is 3. The smallest absolute Gasteiger partial charge is 0.392 e. The minimum absolute atomic E-state index is 0.253. The lowest BCUT2D eigenvalue weighted by molar-refractivity contribution is -0.148. The molecular formula is C12H21F3N2O. The first-order valence-corrected chi connectivity index (χ1v) is 6.64. The fraction of sp³-hybridized carbons (Fsp3) is 1.00. The van der Waals surface area contributed by atoms with Gasteiger partial charge in [0.05, 0.1) is 12.6 Å². The number of rotatable bonds is 5. The van der Waals surface area contributed by atoms with Crippen molar-refractivity contribution in [3.8, 4) is 0 Å². The molecule has 1 atom stereocenters. The lowest BCUT2D eigenvalue weighted by Crippen LogP contribution is -2.47. The molecule has 0 amide bonds. The van der Waals surface area contributed by atoms with Gasteiger partial charge in [-0.1, -0.05) is 0 Å². The highest BCUT2D eigenvalue weighted by Crippen LogP contribution is 2.32. The molecular weight excluding hydrogens is 245 g/mol. The molecule has 0 bridgehead atoms. The van der Waals surface area contributed by atoms with Crippen LogP contribution in [0.5, 0.6) is 0 Å². The molecule has 1 saturated carbocycles. The van der Waals surface area contributed by atoms with Gasteiger partial charge < -0.3 is 10.4 Å². The van der Waals surface area contributed by atoms with Crippen LogP contribution in [0.3, 0.4) is 0 Å². The molecule has 2 N–H and O–H groups in total. The summed E-state index contributed by atoms with van der Waals surface area (Å²) in [6.07, 6.45) is -0.707. The second-order valence-corrected chi connectivity index (χ2v) is 5.48. The average molecular weight is 266 g/mol. The van der Waals surface area contributed by atoms with E-state index in [1.54, 1.807) is 0 Å². The molecule has 1 aliphatic heterocycles. The Kier molecular flexibility index (Phi) is 4.50. The van der Waals surface area contributed by atoms with Crippen LogP contribution in [0.2, 0.25) is 0 Å². The van der Waals surface area contributed by atoms with Gasteiger partial charge in [-0.15, -0.1) is 0 Å². The van der Waals surface area contributed by atoms with Crippen LogP contribution in [0.25, 0.3) is 0 Å². The maximum absolute atomic E-state index is 12.2. The third-order valence-electron chi connectivity index (χ3n) is 3.77. The Bertz CT molecular complexity index is 261. The molecule has 0 spiro atoms. The molecule has 18 heavy (non-hydrogen) atoms. The summed E-state index contributed by atoms with van der Waals surface area (Å²) >= 11 is 0. The fourth-order valence-corrected chi connectivity index (χ4v) is 2.48. The summed E-state index contributed by atoms with van der Waals surface area (Å²) in [5, 5.41) is 13.0. The Hall–Kier alpha value is -0.330. The summed E-state index contributed by atoms with van der Waals surface area (Å²) in [4.78, 5) is 1.45. The van der Waals surface area contributed by atoms with Crippen LogP contribution in [0.15, 0.2) is 0 Å². The molecule has 2 aliphatic rings. The monoisotopic (exact) mass is 266 g/mol. The van der Waals surface area contributed by atoms with Crippen LogP contribution in [0, 0.1) is 5.92 Å². The van der Waals surface area contributed by atoms with E-state index in [0.717, 1.165) is 25.7 Å². The fourth-order valence-electron chi connectivity index (χ4n) is 2.48. The summed E-state index contributed by atoms with van der Waals surface area (Å²) in [5.41, 5.74) is 0. The van der Waals surface area contributed by atoms with Crippen molar-refractivity contribution in [2.75, 3.05) is 26.2 Å². The van der Waals surface area contributed by atoms with Gasteiger partial charge in [0.15, 0.2) is 0 Å². The van der Waals surface area contributed by atoms with Crippen molar-refractivity contribution in [1.29, 1.82) is 0 Å². The predicted octanol–water partition coefficient (Wildman–Crippen LogP) is 1.37. The van der Waals surface area contributed by atoms with Gasteiger partial charge in [0, 0.05) is 12.6 Å². The standard InChI is InChI=1S/C12H21F3N2O/c13-12(14,15)8-17-5-3-10(4-6-17)16-7-11(18)9-1-2-9/h9-11,16,18H,1-8H2. The zero-order valence-electron chi connectivity index (χ0n) is 10.4. The van der Waals surface area contributed by atoms with Gasteiger partial charge in [-0.05, 0) is 44.7 Å². The molecule has 2 fully saturated rings. The highest BCUT2D eigenvalue weighted by Gasteiger charge is 2.33. The van der Waals surface area contributed by atoms with E-state index < -0.39 is 12.7 Å². The molecule has 1 aliphatic carbocycles. The molecule has 1 heterocycles. The lowest BCUT2D eigenvalue weighted by Gasteiger charge is -2.33. The maximum Gasteiger partial charge on any atom is 0.401 e. The SMILES string of the molecule is OC(CNC1CCN(CC(F)(F)F)CC1)C1CC1. The van der Waals surface area contributed by atoms with Crippen molar-refractivity contribution in [2.24, 2.45) is 5.92 Å². The van der Waals surface area contributed by atoms with E-state index in [9.17, 15) is 18.3 Å². The van der Waals surface area contributed by atoms with Crippen molar-refractivity contribution >= 4 is 0 Å². The minimum atomic E-state index is -4.09. The second kappa shape index (κ2) is 5.75. The number of hydrogen-bond acceptors (Lipinski definition) is 3. The molecule has 3 nitrogen and oxygen atoms in total. The molecule has 0 radical (unpaired) electrons. The Labute approximate surface area is 105 Å². The number of aliphatic hydroxyl groups excluding tert-OH is 1. The van der Waals surface area contributed by atoms with E-state index in [-0.39, 0.29) is 12.1 Å². The van der Waals surface area contributed by atoms with Crippen molar-refractivity contribution in [3.05, 3.63) is 0 Å². The van der Waals surface area contributed by atoms with Gasteiger partial charge in [0.1, 0.15) is 0 Å². The summed E-state index contributed by atoms with van der Waals surface area (Å²) in [6.45, 7) is 0.742. The van der Waals surface area contributed by atoms with Crippen LogP contribution >= 0.6 is 0 Å². The van der Waals surface area contributed by atoms with Gasteiger partial charge in [-0.25, -0.2) is 0 Å². The number of halogens is 3. The van der Waals surface area contributed by atoms with Crippen molar-refractivity contribution in [1.82, 2.24) is 10.2 Å². The maximum atomic E-state index is 12.2. The van der Waals surface area contributed by atoms with E-state index >= 15 is 0 Å². The molecule has 2 rings (SSSR count). The van der Waals surface area contributed by atoms with Crippen LogP contribution in [0.1, 0.15) is 25.7 Å². The largest absolute Gasteiger partial charge is 0.401 e. The number of hydrogen-bond donors (Lipinski definition) is 2. The van der Waals surface area contributed by atoms with Crippen LogP contribution in [0.4, 0.5) is 13.2 Å². The number of piperidine rings is 1. The molecule has 6 heteroatoms. The quantitative estimate of drug-likeness (QED) is 0.789. The zero-order valence-corrected chi connectivity index (χ0v) is 10.4. The van der Waals surface area contributed by atoms with E-state index in [1.807, 2.05) is 0 Å². The van der Waals surface area contributed by atoms with Crippen LogP contribution in [-0.2, 0) is 0 Å². The third kappa shape index (κ3) is 4.74. The molecule has 1 unspecified atom stereocenters. The Balaban J connectivity index is 1.60. The second-order valence-electron chi connectivity index (χ2n) is 5.48. The Morgan fingerprint density at radius 2 is 1.78 bits per heavy atom. The summed E-state index contributed by atoms with van der Waals surface area (Å²) in [5.74, 6) is 0.447. The Morgan fingerprint density at radius 3 is 2.28 bits per heavy atom. The first-order valence-electron chi connectivity index (χ1n) is 6.64. The molecule has 1 saturated heterocycles. The van der Waals surface area contributed by atoms with E-state index in [0.29, 0.717) is 25.6 Å². The molecule has 0 aromatic rings. The average Bonchev–Trinajstić information content (AvgIpc) is 3.09. The topological polar surface area (TPSA) is 35.5 Å². The highest BCUT2D eigenvalue weighted by molar-refractivity contribution is 4.85. The van der Waals surface area contributed by atoms with E-state index in [2.05, 4.69) is 5.32 Å². The molecule has 0 aromatic heterocycles. The number of nitrogens with zero attached hydrogens (tertiary/aromatic N) is 1. The van der Waals surface area contributed by atoms with E-state index in [4.69, 9.17) is 0 Å².